The lowest BCUT2D eigenvalue weighted by Gasteiger charge is -2.03. The Balaban J connectivity index is 2.26. The van der Waals surface area contributed by atoms with Crippen LogP contribution in [0.5, 0.6) is 0 Å². The fourth-order valence-electron chi connectivity index (χ4n) is 2.07. The van der Waals surface area contributed by atoms with Gasteiger partial charge in [-0.25, -0.2) is 4.98 Å². The molecule has 3 N–H and O–H groups in total. The number of nitrogens with two attached hydrogens (primary N) is 1. The molecule has 3 rings (SSSR count). The van der Waals surface area contributed by atoms with E-state index in [0.717, 1.165) is 16.5 Å². The number of carbonyl (C=O) groups excluding carboxylic acids is 1. The third kappa shape index (κ3) is 2.06. The molecule has 0 spiro atoms. The molecule has 0 saturated carbocycles. The minimum atomic E-state index is -0.505. The van der Waals surface area contributed by atoms with Gasteiger partial charge in [0.1, 0.15) is 11.3 Å². The molecule has 1 aromatic carbocycles. The zero-order valence-electron chi connectivity index (χ0n) is 9.85. The average molecular weight is 272 g/mol. The highest BCUT2D eigenvalue weighted by atomic mass is 35.5. The van der Waals surface area contributed by atoms with Crippen molar-refractivity contribution in [3.8, 4) is 11.1 Å². The van der Waals surface area contributed by atoms with Gasteiger partial charge in [-0.05, 0) is 35.4 Å². The first-order valence-corrected chi connectivity index (χ1v) is 6.06. The number of hydrogen-bond acceptors (Lipinski definition) is 2. The van der Waals surface area contributed by atoms with Crippen LogP contribution in [-0.4, -0.2) is 15.9 Å². The molecule has 94 valence electrons. The van der Waals surface area contributed by atoms with Crippen molar-refractivity contribution in [3.63, 3.8) is 0 Å². The van der Waals surface area contributed by atoms with Gasteiger partial charge in [-0.3, -0.25) is 4.79 Å². The van der Waals surface area contributed by atoms with Crippen LogP contribution in [0.3, 0.4) is 0 Å². The Bertz CT molecular complexity index is 779. The Kier molecular flexibility index (Phi) is 2.72. The molecule has 3 aromatic rings. The van der Waals surface area contributed by atoms with Crippen LogP contribution in [0.2, 0.25) is 5.02 Å². The second-order valence-corrected chi connectivity index (χ2v) is 4.61. The molecular formula is C14H10ClN3O. The number of rotatable bonds is 2. The number of nitrogens with one attached hydrogen (secondary N) is 1. The van der Waals surface area contributed by atoms with Crippen LogP contribution < -0.4 is 5.73 Å². The maximum absolute atomic E-state index is 11.2. The normalized spacial score (nSPS) is 10.8. The lowest BCUT2D eigenvalue weighted by molar-refractivity contribution is 0.0996. The molecule has 0 aliphatic rings. The predicted octanol–water partition coefficient (Wildman–Crippen LogP) is 2.98. The van der Waals surface area contributed by atoms with Crippen LogP contribution in [0, 0.1) is 0 Å². The van der Waals surface area contributed by atoms with Crippen LogP contribution in [-0.2, 0) is 0 Å². The van der Waals surface area contributed by atoms with Gasteiger partial charge in [0.2, 0.25) is 0 Å². The molecule has 5 heteroatoms. The number of carbonyl (C=O) groups is 1. The third-order valence-corrected chi connectivity index (χ3v) is 3.17. The zero-order chi connectivity index (χ0) is 13.4. The van der Waals surface area contributed by atoms with Gasteiger partial charge in [0.25, 0.3) is 5.91 Å². The number of benzene rings is 1. The molecule has 2 heterocycles. The summed E-state index contributed by atoms with van der Waals surface area (Å²) in [6.45, 7) is 0. The molecule has 2 aromatic heterocycles. The fraction of sp³-hybridized carbons (Fsp3) is 0. The van der Waals surface area contributed by atoms with Crippen LogP contribution in [0.25, 0.3) is 22.2 Å². The lowest BCUT2D eigenvalue weighted by atomic mass is 10.0. The minimum Gasteiger partial charge on any atom is -0.364 e. The Morgan fingerprint density at radius 1 is 1.26 bits per heavy atom. The van der Waals surface area contributed by atoms with E-state index in [-0.39, 0.29) is 0 Å². The first-order valence-electron chi connectivity index (χ1n) is 5.68. The summed E-state index contributed by atoms with van der Waals surface area (Å²) >= 11 is 6.00. The van der Waals surface area contributed by atoms with Crippen molar-refractivity contribution in [3.05, 3.63) is 53.3 Å². The summed E-state index contributed by atoms with van der Waals surface area (Å²) in [7, 11) is 0. The van der Waals surface area contributed by atoms with Gasteiger partial charge in [-0.2, -0.15) is 0 Å². The van der Waals surface area contributed by atoms with Crippen molar-refractivity contribution in [1.82, 2.24) is 9.97 Å². The van der Waals surface area contributed by atoms with E-state index in [2.05, 4.69) is 9.97 Å². The van der Waals surface area contributed by atoms with Crippen molar-refractivity contribution >= 4 is 28.5 Å². The highest BCUT2D eigenvalue weighted by molar-refractivity contribution is 6.30. The molecule has 0 unspecified atom stereocenters. The standard InChI is InChI=1S/C14H10ClN3O/c15-9-3-1-2-8(6-9)10-4-5-17-14-11(10)7-12(18-14)13(16)19/h1-7H,(H2,16,19)(H,17,18). The fourth-order valence-corrected chi connectivity index (χ4v) is 2.26. The minimum absolute atomic E-state index is 0.344. The van der Waals surface area contributed by atoms with Crippen LogP contribution in [0.1, 0.15) is 10.5 Å². The van der Waals surface area contributed by atoms with E-state index in [0.29, 0.717) is 16.4 Å². The van der Waals surface area contributed by atoms with Gasteiger partial charge >= 0.3 is 0 Å². The summed E-state index contributed by atoms with van der Waals surface area (Å²) in [5.74, 6) is -0.505. The Hall–Kier alpha value is -2.33. The summed E-state index contributed by atoms with van der Waals surface area (Å²) in [6.07, 6.45) is 1.68. The van der Waals surface area contributed by atoms with Gasteiger partial charge in [0, 0.05) is 16.6 Å². The number of aromatic nitrogens is 2. The van der Waals surface area contributed by atoms with Gasteiger partial charge in [0.05, 0.1) is 0 Å². The van der Waals surface area contributed by atoms with E-state index in [1.54, 1.807) is 12.3 Å². The molecule has 0 saturated heterocycles. The second-order valence-electron chi connectivity index (χ2n) is 4.18. The number of fused-ring (bicyclic) bond motifs is 1. The summed E-state index contributed by atoms with van der Waals surface area (Å²) in [4.78, 5) is 18.3. The topological polar surface area (TPSA) is 71.8 Å². The van der Waals surface area contributed by atoms with Gasteiger partial charge in [0.15, 0.2) is 0 Å². The van der Waals surface area contributed by atoms with E-state index in [1.807, 2.05) is 30.3 Å². The highest BCUT2D eigenvalue weighted by Crippen LogP contribution is 2.29. The van der Waals surface area contributed by atoms with E-state index in [4.69, 9.17) is 17.3 Å². The molecule has 1 amide bonds. The van der Waals surface area contributed by atoms with Crippen molar-refractivity contribution in [2.24, 2.45) is 5.73 Å². The number of halogens is 1. The average Bonchev–Trinajstić information content (AvgIpc) is 2.82. The number of amides is 1. The maximum Gasteiger partial charge on any atom is 0.265 e. The number of nitrogens with zero attached hydrogens (tertiary/aromatic N) is 1. The molecule has 19 heavy (non-hydrogen) atoms. The third-order valence-electron chi connectivity index (χ3n) is 2.93. The van der Waals surface area contributed by atoms with Gasteiger partial charge in [-0.1, -0.05) is 23.7 Å². The van der Waals surface area contributed by atoms with Gasteiger partial charge < -0.3 is 10.7 Å². The van der Waals surface area contributed by atoms with Crippen molar-refractivity contribution in [2.75, 3.05) is 0 Å². The second kappa shape index (κ2) is 4.40. The number of primary amides is 1. The van der Waals surface area contributed by atoms with Crippen LogP contribution in [0.4, 0.5) is 0 Å². The van der Waals surface area contributed by atoms with Crippen molar-refractivity contribution in [1.29, 1.82) is 0 Å². The SMILES string of the molecule is NC(=O)c1cc2c(-c3cccc(Cl)c3)ccnc2[nH]1. The van der Waals surface area contributed by atoms with Crippen molar-refractivity contribution < 1.29 is 4.79 Å². The van der Waals surface area contributed by atoms with E-state index in [1.165, 1.54) is 0 Å². The molecule has 0 aliphatic heterocycles. The molecule has 0 aliphatic carbocycles. The smallest absolute Gasteiger partial charge is 0.265 e. The van der Waals surface area contributed by atoms with E-state index in [9.17, 15) is 4.79 Å². The first kappa shape index (κ1) is 11.7. The Morgan fingerprint density at radius 2 is 2.11 bits per heavy atom. The van der Waals surface area contributed by atoms with Crippen LogP contribution in [0.15, 0.2) is 42.6 Å². The summed E-state index contributed by atoms with van der Waals surface area (Å²) in [5.41, 5.74) is 8.17. The predicted molar refractivity (Wildman–Crippen MR) is 75.1 cm³/mol. The molecule has 4 nitrogen and oxygen atoms in total. The summed E-state index contributed by atoms with van der Waals surface area (Å²) in [5, 5.41) is 1.51. The highest BCUT2D eigenvalue weighted by Gasteiger charge is 2.11. The number of aromatic amines is 1. The summed E-state index contributed by atoms with van der Waals surface area (Å²) < 4.78 is 0. The van der Waals surface area contributed by atoms with Crippen LogP contribution >= 0.6 is 11.6 Å². The van der Waals surface area contributed by atoms with E-state index < -0.39 is 5.91 Å². The number of H-pyrrole nitrogens is 1. The largest absolute Gasteiger partial charge is 0.364 e. The monoisotopic (exact) mass is 271 g/mol. The van der Waals surface area contributed by atoms with E-state index >= 15 is 0 Å². The number of hydrogen-bond donors (Lipinski definition) is 2. The molecule has 0 atom stereocenters. The molecule has 0 bridgehead atoms. The maximum atomic E-state index is 11.2. The molecule has 0 radical (unpaired) electrons. The first-order chi connectivity index (χ1) is 9.15. The lowest BCUT2D eigenvalue weighted by Crippen LogP contribution is -2.10. The quantitative estimate of drug-likeness (QED) is 0.752. The Labute approximate surface area is 114 Å². The number of pyridine rings is 1. The molecular weight excluding hydrogens is 262 g/mol. The Morgan fingerprint density at radius 3 is 2.84 bits per heavy atom. The van der Waals surface area contributed by atoms with Crippen molar-refractivity contribution in [2.45, 2.75) is 0 Å². The summed E-state index contributed by atoms with van der Waals surface area (Å²) in [6, 6.07) is 11.1. The zero-order valence-corrected chi connectivity index (χ0v) is 10.6. The van der Waals surface area contributed by atoms with Gasteiger partial charge in [-0.15, -0.1) is 0 Å². The molecule has 0 fully saturated rings.